The minimum absolute atomic E-state index is 0.506. The summed E-state index contributed by atoms with van der Waals surface area (Å²) >= 11 is 4.60. The highest BCUT2D eigenvalue weighted by atomic mass is 32.1. The van der Waals surface area contributed by atoms with E-state index >= 15 is 0 Å². The summed E-state index contributed by atoms with van der Waals surface area (Å²) in [7, 11) is 0. The molecule has 0 aromatic carbocycles. The van der Waals surface area contributed by atoms with Crippen LogP contribution in [0.5, 0.6) is 0 Å². The molecular formula is C7H10N4S. The quantitative estimate of drug-likeness (QED) is 0.663. The van der Waals surface area contributed by atoms with Gasteiger partial charge in [-0.15, -0.1) is 0 Å². The number of hydrogen-bond acceptors (Lipinski definition) is 4. The molecule has 1 aromatic rings. The number of nitrogens with one attached hydrogen (secondary N) is 1. The fraction of sp³-hybridized carbons (Fsp3) is 0.286. The summed E-state index contributed by atoms with van der Waals surface area (Å²) in [5, 5.41) is 2.85. The van der Waals surface area contributed by atoms with Gasteiger partial charge in [-0.1, -0.05) is 12.2 Å². The van der Waals surface area contributed by atoms with Crippen LogP contribution in [0.3, 0.4) is 0 Å². The molecule has 1 heterocycles. The SMILES string of the molecule is Cc1ncc(CNC=S)c(N)n1. The van der Waals surface area contributed by atoms with Crippen molar-refractivity contribution in [3.05, 3.63) is 17.6 Å². The first-order valence-corrected chi connectivity index (χ1v) is 3.96. The van der Waals surface area contributed by atoms with Crippen LogP contribution in [0.4, 0.5) is 5.82 Å². The molecule has 12 heavy (non-hydrogen) atoms. The highest BCUT2D eigenvalue weighted by Crippen LogP contribution is 2.05. The van der Waals surface area contributed by atoms with Crippen molar-refractivity contribution >= 4 is 23.5 Å². The largest absolute Gasteiger partial charge is 0.383 e. The number of nitrogen functional groups attached to an aromatic ring is 1. The molecule has 3 N–H and O–H groups in total. The average molecular weight is 182 g/mol. The fourth-order valence-electron chi connectivity index (χ4n) is 0.800. The van der Waals surface area contributed by atoms with Gasteiger partial charge < -0.3 is 11.1 Å². The Labute approximate surface area is 76.2 Å². The van der Waals surface area contributed by atoms with E-state index in [-0.39, 0.29) is 0 Å². The van der Waals surface area contributed by atoms with Crippen LogP contribution >= 0.6 is 12.2 Å². The third kappa shape index (κ3) is 2.13. The van der Waals surface area contributed by atoms with Gasteiger partial charge in [0.15, 0.2) is 0 Å². The maximum atomic E-state index is 5.62. The van der Waals surface area contributed by atoms with E-state index in [1.165, 1.54) is 5.49 Å². The second kappa shape index (κ2) is 3.96. The van der Waals surface area contributed by atoms with E-state index < -0.39 is 0 Å². The van der Waals surface area contributed by atoms with Gasteiger partial charge in [0.2, 0.25) is 0 Å². The molecule has 0 amide bonds. The minimum Gasteiger partial charge on any atom is -0.383 e. The molecular weight excluding hydrogens is 172 g/mol. The summed E-state index contributed by atoms with van der Waals surface area (Å²) < 4.78 is 0. The number of nitrogens with two attached hydrogens (primary N) is 1. The average Bonchev–Trinajstić information content (AvgIpc) is 2.03. The second-order valence-corrected chi connectivity index (χ2v) is 2.56. The summed E-state index contributed by atoms with van der Waals surface area (Å²) in [6.45, 7) is 2.38. The Morgan fingerprint density at radius 2 is 2.50 bits per heavy atom. The van der Waals surface area contributed by atoms with Crippen LogP contribution in [-0.2, 0) is 6.54 Å². The molecule has 0 spiro atoms. The normalized spacial score (nSPS) is 9.42. The number of nitrogens with zero attached hydrogens (tertiary/aromatic N) is 2. The molecule has 0 aliphatic carbocycles. The van der Waals surface area contributed by atoms with Crippen molar-refractivity contribution in [2.45, 2.75) is 13.5 Å². The van der Waals surface area contributed by atoms with Crippen LogP contribution < -0.4 is 11.1 Å². The third-order valence-electron chi connectivity index (χ3n) is 1.39. The van der Waals surface area contributed by atoms with Crippen molar-refractivity contribution in [1.82, 2.24) is 15.3 Å². The van der Waals surface area contributed by atoms with Crippen molar-refractivity contribution in [3.8, 4) is 0 Å². The summed E-state index contributed by atoms with van der Waals surface area (Å²) in [5.41, 5.74) is 7.93. The van der Waals surface area contributed by atoms with Gasteiger partial charge in [0.1, 0.15) is 11.6 Å². The van der Waals surface area contributed by atoms with Crippen LogP contribution in [0.15, 0.2) is 6.20 Å². The van der Waals surface area contributed by atoms with Crippen molar-refractivity contribution < 1.29 is 0 Å². The van der Waals surface area contributed by atoms with E-state index in [9.17, 15) is 0 Å². The van der Waals surface area contributed by atoms with Gasteiger partial charge in [0, 0.05) is 18.3 Å². The van der Waals surface area contributed by atoms with Crippen molar-refractivity contribution in [1.29, 1.82) is 0 Å². The zero-order chi connectivity index (χ0) is 8.97. The molecule has 1 aromatic heterocycles. The Kier molecular flexibility index (Phi) is 2.93. The van der Waals surface area contributed by atoms with Gasteiger partial charge >= 0.3 is 0 Å². The molecule has 1 rings (SSSR count). The van der Waals surface area contributed by atoms with Crippen LogP contribution in [0, 0.1) is 6.92 Å². The predicted molar refractivity (Wildman–Crippen MR) is 51.7 cm³/mol. The Hall–Kier alpha value is -1.23. The van der Waals surface area contributed by atoms with Gasteiger partial charge in [0.25, 0.3) is 0 Å². The van der Waals surface area contributed by atoms with Crippen LogP contribution in [0.1, 0.15) is 11.4 Å². The van der Waals surface area contributed by atoms with E-state index in [1.807, 2.05) is 0 Å². The zero-order valence-electron chi connectivity index (χ0n) is 6.74. The van der Waals surface area contributed by atoms with Crippen LogP contribution in [-0.4, -0.2) is 15.5 Å². The molecule has 5 heteroatoms. The molecule has 0 fully saturated rings. The molecule has 0 saturated carbocycles. The Bertz CT molecular complexity index is 287. The second-order valence-electron chi connectivity index (χ2n) is 2.33. The maximum absolute atomic E-state index is 5.62. The van der Waals surface area contributed by atoms with E-state index in [4.69, 9.17) is 5.73 Å². The van der Waals surface area contributed by atoms with Crippen molar-refractivity contribution in [2.75, 3.05) is 5.73 Å². The summed E-state index contributed by atoms with van der Waals surface area (Å²) in [6, 6.07) is 0. The van der Waals surface area contributed by atoms with Crippen LogP contribution in [0.2, 0.25) is 0 Å². The molecule has 0 radical (unpaired) electrons. The van der Waals surface area contributed by atoms with Gasteiger partial charge in [-0.2, -0.15) is 0 Å². The Morgan fingerprint density at radius 3 is 3.08 bits per heavy atom. The lowest BCUT2D eigenvalue weighted by Crippen LogP contribution is -2.12. The van der Waals surface area contributed by atoms with E-state index in [2.05, 4.69) is 27.5 Å². The van der Waals surface area contributed by atoms with E-state index in [1.54, 1.807) is 13.1 Å². The maximum Gasteiger partial charge on any atom is 0.132 e. The van der Waals surface area contributed by atoms with E-state index in [0.717, 1.165) is 5.56 Å². The molecule has 64 valence electrons. The standard InChI is InChI=1S/C7H10N4S/c1-5-10-3-6(2-9-4-12)7(8)11-5/h3-4H,2H2,1H3,(H,9,12)(H2,8,10,11). The van der Waals surface area contributed by atoms with Gasteiger partial charge in [-0.05, 0) is 6.92 Å². The number of thiocarbonyl (C=S) groups is 1. The highest BCUT2D eigenvalue weighted by molar-refractivity contribution is 7.78. The Morgan fingerprint density at radius 1 is 1.75 bits per heavy atom. The van der Waals surface area contributed by atoms with Crippen molar-refractivity contribution in [2.24, 2.45) is 0 Å². The Balaban J connectivity index is 2.78. The number of aryl methyl sites for hydroxylation is 1. The molecule has 4 nitrogen and oxygen atoms in total. The van der Waals surface area contributed by atoms with Crippen LogP contribution in [0.25, 0.3) is 0 Å². The summed E-state index contributed by atoms with van der Waals surface area (Å²) in [4.78, 5) is 8.02. The summed E-state index contributed by atoms with van der Waals surface area (Å²) in [5.74, 6) is 1.19. The molecule has 0 aliphatic heterocycles. The number of aromatic nitrogens is 2. The first-order valence-electron chi connectivity index (χ1n) is 3.49. The number of rotatable bonds is 3. The van der Waals surface area contributed by atoms with Gasteiger partial charge in [-0.3, -0.25) is 0 Å². The topological polar surface area (TPSA) is 63.8 Å². The van der Waals surface area contributed by atoms with Gasteiger partial charge in [-0.25, -0.2) is 9.97 Å². The summed E-state index contributed by atoms with van der Waals surface area (Å²) in [6.07, 6.45) is 1.70. The molecule has 0 saturated heterocycles. The fourth-order valence-corrected chi connectivity index (χ4v) is 0.884. The third-order valence-corrected chi connectivity index (χ3v) is 1.56. The number of anilines is 1. The molecule has 0 aliphatic rings. The lowest BCUT2D eigenvalue weighted by molar-refractivity contribution is 0.909. The number of hydrogen-bond donors (Lipinski definition) is 2. The first kappa shape index (κ1) is 8.86. The molecule has 0 bridgehead atoms. The molecule has 0 atom stereocenters. The lowest BCUT2D eigenvalue weighted by atomic mass is 10.3. The lowest BCUT2D eigenvalue weighted by Gasteiger charge is -2.03. The highest BCUT2D eigenvalue weighted by Gasteiger charge is 1.99. The smallest absolute Gasteiger partial charge is 0.132 e. The monoisotopic (exact) mass is 182 g/mol. The first-order chi connectivity index (χ1) is 5.74. The van der Waals surface area contributed by atoms with E-state index in [0.29, 0.717) is 18.2 Å². The predicted octanol–water partition coefficient (Wildman–Crippen LogP) is 0.414. The molecule has 0 unspecified atom stereocenters. The zero-order valence-corrected chi connectivity index (χ0v) is 7.56. The van der Waals surface area contributed by atoms with Crippen molar-refractivity contribution in [3.63, 3.8) is 0 Å². The van der Waals surface area contributed by atoms with Gasteiger partial charge in [0.05, 0.1) is 5.49 Å². The minimum atomic E-state index is 0.506.